The summed E-state index contributed by atoms with van der Waals surface area (Å²) in [5, 5.41) is 3.25. The van der Waals surface area contributed by atoms with Crippen molar-refractivity contribution in [2.24, 2.45) is 5.73 Å². The number of amides is 1. The molecule has 1 amide bonds. The Morgan fingerprint density at radius 2 is 2.19 bits per heavy atom. The lowest BCUT2D eigenvalue weighted by Crippen LogP contribution is -2.14. The topological polar surface area (TPSA) is 68.0 Å². The van der Waals surface area contributed by atoms with Gasteiger partial charge in [0.25, 0.3) is 5.91 Å². The van der Waals surface area contributed by atoms with Gasteiger partial charge in [-0.05, 0) is 42.7 Å². The van der Waals surface area contributed by atoms with E-state index in [4.69, 9.17) is 17.3 Å². The highest BCUT2D eigenvalue weighted by atomic mass is 35.5. The number of hydrogen-bond donors (Lipinski definition) is 2. The van der Waals surface area contributed by atoms with Crippen molar-refractivity contribution < 1.29 is 4.79 Å². The second-order valence-corrected chi connectivity index (χ2v) is 4.76. The SMILES string of the molecule is Cc1ccc(Cl)cc1C(=O)Nc1cccc(C#CCN)n1. The molecule has 1 heterocycles. The fraction of sp³-hybridized carbons (Fsp3) is 0.125. The zero-order chi connectivity index (χ0) is 15.2. The molecule has 0 saturated heterocycles. The molecule has 1 aromatic carbocycles. The first-order chi connectivity index (χ1) is 10.1. The number of aromatic nitrogens is 1. The Labute approximate surface area is 128 Å². The van der Waals surface area contributed by atoms with E-state index in [0.29, 0.717) is 22.1 Å². The van der Waals surface area contributed by atoms with E-state index in [1.165, 1.54) is 0 Å². The van der Waals surface area contributed by atoms with Gasteiger partial charge in [-0.15, -0.1) is 0 Å². The molecule has 21 heavy (non-hydrogen) atoms. The molecule has 0 aliphatic heterocycles. The van der Waals surface area contributed by atoms with Crippen LogP contribution in [0.15, 0.2) is 36.4 Å². The van der Waals surface area contributed by atoms with Crippen LogP contribution < -0.4 is 11.1 Å². The first kappa shape index (κ1) is 15.0. The van der Waals surface area contributed by atoms with Gasteiger partial charge in [0.05, 0.1) is 6.54 Å². The van der Waals surface area contributed by atoms with Gasteiger partial charge >= 0.3 is 0 Å². The smallest absolute Gasteiger partial charge is 0.257 e. The fourth-order valence-electron chi connectivity index (χ4n) is 1.74. The Kier molecular flexibility index (Phi) is 4.94. The van der Waals surface area contributed by atoms with Crippen molar-refractivity contribution >= 4 is 23.3 Å². The van der Waals surface area contributed by atoms with Crippen molar-refractivity contribution in [1.29, 1.82) is 0 Å². The largest absolute Gasteiger partial charge is 0.320 e. The third-order valence-corrected chi connectivity index (χ3v) is 2.99. The summed E-state index contributed by atoms with van der Waals surface area (Å²) in [7, 11) is 0. The van der Waals surface area contributed by atoms with Crippen molar-refractivity contribution in [3.05, 3.63) is 58.2 Å². The molecule has 0 aliphatic carbocycles. The number of nitrogens with one attached hydrogen (secondary N) is 1. The first-order valence-electron chi connectivity index (χ1n) is 6.33. The standard InChI is InChI=1S/C16H14ClN3O/c1-11-7-8-12(17)10-14(11)16(21)20-15-6-2-4-13(19-15)5-3-9-18/h2,4,6-8,10H,9,18H2,1H3,(H,19,20,21). The molecule has 5 heteroatoms. The van der Waals surface area contributed by atoms with E-state index < -0.39 is 0 Å². The second-order valence-electron chi connectivity index (χ2n) is 4.33. The van der Waals surface area contributed by atoms with Gasteiger partial charge in [-0.2, -0.15) is 0 Å². The summed E-state index contributed by atoms with van der Waals surface area (Å²) in [5.41, 5.74) is 7.23. The van der Waals surface area contributed by atoms with Crippen LogP contribution in [0.1, 0.15) is 21.6 Å². The Balaban J connectivity index is 2.21. The number of benzene rings is 1. The van der Waals surface area contributed by atoms with Gasteiger partial charge in [-0.3, -0.25) is 4.79 Å². The summed E-state index contributed by atoms with van der Waals surface area (Å²) in [4.78, 5) is 16.5. The number of pyridine rings is 1. The monoisotopic (exact) mass is 299 g/mol. The summed E-state index contributed by atoms with van der Waals surface area (Å²) in [6.07, 6.45) is 0. The van der Waals surface area contributed by atoms with E-state index in [0.717, 1.165) is 5.56 Å². The van der Waals surface area contributed by atoms with Crippen molar-refractivity contribution in [3.63, 3.8) is 0 Å². The minimum atomic E-state index is -0.258. The molecule has 3 N–H and O–H groups in total. The maximum absolute atomic E-state index is 12.2. The van der Waals surface area contributed by atoms with Crippen LogP contribution in [-0.2, 0) is 0 Å². The first-order valence-corrected chi connectivity index (χ1v) is 6.71. The van der Waals surface area contributed by atoms with Crippen molar-refractivity contribution in [2.45, 2.75) is 6.92 Å². The molecule has 0 aliphatic rings. The van der Waals surface area contributed by atoms with Gasteiger partial charge in [-0.25, -0.2) is 4.98 Å². The molecule has 4 nitrogen and oxygen atoms in total. The lowest BCUT2D eigenvalue weighted by Gasteiger charge is -2.07. The van der Waals surface area contributed by atoms with Crippen molar-refractivity contribution in [2.75, 3.05) is 11.9 Å². The Morgan fingerprint density at radius 3 is 2.95 bits per heavy atom. The molecular weight excluding hydrogens is 286 g/mol. The van der Waals surface area contributed by atoms with Gasteiger partial charge in [0.2, 0.25) is 0 Å². The Morgan fingerprint density at radius 1 is 1.38 bits per heavy atom. The van der Waals surface area contributed by atoms with Crippen LogP contribution in [0.5, 0.6) is 0 Å². The van der Waals surface area contributed by atoms with Crippen molar-refractivity contribution in [3.8, 4) is 11.8 Å². The van der Waals surface area contributed by atoms with Crippen molar-refractivity contribution in [1.82, 2.24) is 4.98 Å². The van der Waals surface area contributed by atoms with E-state index in [2.05, 4.69) is 22.1 Å². The van der Waals surface area contributed by atoms with Gasteiger partial charge < -0.3 is 11.1 Å². The number of aryl methyl sites for hydroxylation is 1. The molecule has 1 aromatic heterocycles. The highest BCUT2D eigenvalue weighted by Crippen LogP contribution is 2.16. The molecule has 0 spiro atoms. The number of nitrogens with two attached hydrogens (primary N) is 1. The second kappa shape index (κ2) is 6.89. The maximum Gasteiger partial charge on any atom is 0.257 e. The van der Waals surface area contributed by atoms with Crippen LogP contribution in [0.4, 0.5) is 5.82 Å². The van der Waals surface area contributed by atoms with Crippen LogP contribution in [0.2, 0.25) is 5.02 Å². The number of nitrogens with zero attached hydrogens (tertiary/aromatic N) is 1. The number of hydrogen-bond acceptors (Lipinski definition) is 3. The molecule has 0 fully saturated rings. The predicted octanol–water partition coefficient (Wildman–Crippen LogP) is 2.61. The Hall–Kier alpha value is -2.35. The van der Waals surface area contributed by atoms with Crippen LogP contribution in [0.25, 0.3) is 0 Å². The van der Waals surface area contributed by atoms with E-state index in [1.807, 2.05) is 6.92 Å². The van der Waals surface area contributed by atoms with Crippen LogP contribution >= 0.6 is 11.6 Å². The fourth-order valence-corrected chi connectivity index (χ4v) is 1.91. The van der Waals surface area contributed by atoms with E-state index in [1.54, 1.807) is 36.4 Å². The van der Waals surface area contributed by atoms with E-state index in [-0.39, 0.29) is 12.5 Å². The number of carbonyl (C=O) groups excluding carboxylic acids is 1. The lowest BCUT2D eigenvalue weighted by atomic mass is 10.1. The summed E-state index contributed by atoms with van der Waals surface area (Å²) in [6, 6.07) is 10.4. The normalized spacial score (nSPS) is 9.67. The molecule has 0 atom stereocenters. The summed E-state index contributed by atoms with van der Waals surface area (Å²) >= 11 is 5.92. The number of rotatable bonds is 2. The minimum Gasteiger partial charge on any atom is -0.320 e. The lowest BCUT2D eigenvalue weighted by molar-refractivity contribution is 0.102. The predicted molar refractivity (Wildman–Crippen MR) is 84.3 cm³/mol. The molecule has 106 valence electrons. The quantitative estimate of drug-likeness (QED) is 0.838. The Bertz CT molecular complexity index is 732. The highest BCUT2D eigenvalue weighted by Gasteiger charge is 2.10. The van der Waals surface area contributed by atoms with Gasteiger partial charge in [0, 0.05) is 10.6 Å². The average molecular weight is 300 g/mol. The summed E-state index contributed by atoms with van der Waals surface area (Å²) in [5.74, 6) is 5.71. The number of anilines is 1. The number of carbonyl (C=O) groups is 1. The average Bonchev–Trinajstić information content (AvgIpc) is 2.48. The summed E-state index contributed by atoms with van der Waals surface area (Å²) < 4.78 is 0. The molecule has 0 unspecified atom stereocenters. The van der Waals surface area contributed by atoms with Gasteiger partial charge in [-0.1, -0.05) is 29.7 Å². The third kappa shape index (κ3) is 4.06. The molecule has 0 bridgehead atoms. The van der Waals surface area contributed by atoms with E-state index in [9.17, 15) is 4.79 Å². The van der Waals surface area contributed by atoms with Gasteiger partial charge in [0.15, 0.2) is 0 Å². The molecule has 0 radical (unpaired) electrons. The highest BCUT2D eigenvalue weighted by molar-refractivity contribution is 6.31. The molecule has 2 aromatic rings. The van der Waals surface area contributed by atoms with Crippen LogP contribution in [0.3, 0.4) is 0 Å². The van der Waals surface area contributed by atoms with Crippen LogP contribution in [-0.4, -0.2) is 17.4 Å². The zero-order valence-corrected chi connectivity index (χ0v) is 12.2. The molecule has 2 rings (SSSR count). The maximum atomic E-state index is 12.2. The third-order valence-electron chi connectivity index (χ3n) is 2.75. The molecular formula is C16H14ClN3O. The van der Waals surface area contributed by atoms with E-state index >= 15 is 0 Å². The molecule has 0 saturated carbocycles. The van der Waals surface area contributed by atoms with Crippen LogP contribution in [0, 0.1) is 18.8 Å². The minimum absolute atomic E-state index is 0.258. The summed E-state index contributed by atoms with van der Waals surface area (Å²) in [6.45, 7) is 2.11. The number of halogens is 1. The zero-order valence-electron chi connectivity index (χ0n) is 11.5. The van der Waals surface area contributed by atoms with Gasteiger partial charge in [0.1, 0.15) is 11.5 Å².